The van der Waals surface area contributed by atoms with Gasteiger partial charge in [0.1, 0.15) is 17.4 Å². The molecule has 0 aliphatic heterocycles. The Morgan fingerprint density at radius 1 is 1.30 bits per heavy atom. The van der Waals surface area contributed by atoms with Crippen LogP contribution >= 0.6 is 11.3 Å². The fourth-order valence-electron chi connectivity index (χ4n) is 1.49. The molecule has 20 heavy (non-hydrogen) atoms. The van der Waals surface area contributed by atoms with Crippen LogP contribution in [0.1, 0.15) is 10.6 Å². The number of ether oxygens (including phenoxy) is 2. The monoisotopic (exact) mass is 297 g/mol. The van der Waals surface area contributed by atoms with Gasteiger partial charge in [-0.1, -0.05) is 34.6 Å². The zero-order valence-corrected chi connectivity index (χ0v) is 12.0. The van der Waals surface area contributed by atoms with E-state index in [-0.39, 0.29) is 12.4 Å². The van der Waals surface area contributed by atoms with Gasteiger partial charge in [0.05, 0.1) is 6.61 Å². The number of rotatable bonds is 8. The van der Waals surface area contributed by atoms with E-state index in [0.29, 0.717) is 23.9 Å². The first kappa shape index (κ1) is 14.8. The van der Waals surface area contributed by atoms with Gasteiger partial charge in [-0.25, -0.2) is 4.39 Å². The van der Waals surface area contributed by atoms with Crippen molar-refractivity contribution < 1.29 is 13.9 Å². The molecule has 0 atom stereocenters. The lowest BCUT2D eigenvalue weighted by Crippen LogP contribution is -2.18. The second kappa shape index (κ2) is 7.88. The van der Waals surface area contributed by atoms with Crippen LogP contribution in [0.4, 0.5) is 4.39 Å². The molecule has 2 aromatic rings. The zero-order valence-electron chi connectivity index (χ0n) is 11.1. The molecule has 0 saturated heterocycles. The van der Waals surface area contributed by atoms with Crippen molar-refractivity contribution in [1.29, 1.82) is 0 Å². The van der Waals surface area contributed by atoms with Crippen LogP contribution < -0.4 is 10.1 Å². The Labute approximate surface area is 120 Å². The van der Waals surface area contributed by atoms with E-state index in [1.54, 1.807) is 25.3 Å². The predicted octanol–water partition coefficient (Wildman–Crippen LogP) is 1.99. The van der Waals surface area contributed by atoms with Crippen LogP contribution in [0, 0.1) is 5.82 Å². The van der Waals surface area contributed by atoms with Gasteiger partial charge in [-0.15, -0.1) is 5.10 Å². The van der Waals surface area contributed by atoms with Crippen molar-refractivity contribution in [2.75, 3.05) is 20.3 Å². The Hall–Kier alpha value is -1.57. The quantitative estimate of drug-likeness (QED) is 0.755. The molecule has 0 amide bonds. The van der Waals surface area contributed by atoms with E-state index in [1.165, 1.54) is 17.4 Å². The molecule has 108 valence electrons. The molecule has 1 heterocycles. The lowest BCUT2D eigenvalue weighted by molar-refractivity contribution is 0.199. The van der Waals surface area contributed by atoms with E-state index in [0.717, 1.165) is 11.6 Å². The average molecular weight is 297 g/mol. The van der Waals surface area contributed by atoms with Crippen molar-refractivity contribution >= 4 is 11.3 Å². The molecule has 7 heteroatoms. The van der Waals surface area contributed by atoms with Crippen LogP contribution in [0.3, 0.4) is 0 Å². The van der Waals surface area contributed by atoms with Gasteiger partial charge in [0.2, 0.25) is 0 Å². The van der Waals surface area contributed by atoms with E-state index in [4.69, 9.17) is 9.47 Å². The van der Waals surface area contributed by atoms with Crippen LogP contribution in [0.2, 0.25) is 0 Å². The van der Waals surface area contributed by atoms with Crippen molar-refractivity contribution in [3.05, 3.63) is 40.7 Å². The first-order chi connectivity index (χ1) is 9.79. The minimum atomic E-state index is -0.279. The smallest absolute Gasteiger partial charge is 0.294 e. The van der Waals surface area contributed by atoms with Crippen molar-refractivity contribution in [2.45, 2.75) is 13.2 Å². The fourth-order valence-corrected chi connectivity index (χ4v) is 2.15. The van der Waals surface area contributed by atoms with Crippen LogP contribution in [-0.2, 0) is 17.9 Å². The number of aromatic nitrogens is 2. The van der Waals surface area contributed by atoms with Gasteiger partial charge in [-0.05, 0) is 6.07 Å². The summed E-state index contributed by atoms with van der Waals surface area (Å²) in [4.78, 5) is 0. The first-order valence-electron chi connectivity index (χ1n) is 6.18. The third kappa shape index (κ3) is 4.52. The highest BCUT2D eigenvalue weighted by Gasteiger charge is 2.07. The lowest BCUT2D eigenvalue weighted by atomic mass is 10.2. The standard InChI is InChI=1S/C13H16FN3O2S/c1-18-7-6-15-8-12-16-17-13(20-12)19-9-10-4-2-3-5-11(10)14/h2-5,15H,6-9H2,1H3. The molecule has 0 fully saturated rings. The maximum absolute atomic E-state index is 13.4. The highest BCUT2D eigenvalue weighted by molar-refractivity contribution is 7.13. The zero-order chi connectivity index (χ0) is 14.2. The molecular formula is C13H16FN3O2S. The fraction of sp³-hybridized carbons (Fsp3) is 0.385. The predicted molar refractivity (Wildman–Crippen MR) is 74.2 cm³/mol. The van der Waals surface area contributed by atoms with E-state index < -0.39 is 0 Å². The van der Waals surface area contributed by atoms with E-state index in [9.17, 15) is 4.39 Å². The summed E-state index contributed by atoms with van der Waals surface area (Å²) < 4.78 is 23.8. The van der Waals surface area contributed by atoms with Crippen LogP contribution in [0.5, 0.6) is 5.19 Å². The van der Waals surface area contributed by atoms with Gasteiger partial charge in [0.25, 0.3) is 5.19 Å². The number of nitrogens with one attached hydrogen (secondary N) is 1. The van der Waals surface area contributed by atoms with Gasteiger partial charge < -0.3 is 14.8 Å². The summed E-state index contributed by atoms with van der Waals surface area (Å²) in [6.45, 7) is 2.17. The van der Waals surface area contributed by atoms with Crippen molar-refractivity contribution in [1.82, 2.24) is 15.5 Å². The molecule has 0 spiro atoms. The summed E-state index contributed by atoms with van der Waals surface area (Å²) in [6.07, 6.45) is 0. The average Bonchev–Trinajstić information content (AvgIpc) is 2.91. The summed E-state index contributed by atoms with van der Waals surface area (Å²) >= 11 is 1.35. The topological polar surface area (TPSA) is 56.3 Å². The van der Waals surface area contributed by atoms with E-state index >= 15 is 0 Å². The molecule has 0 saturated carbocycles. The number of halogens is 1. The van der Waals surface area contributed by atoms with Crippen molar-refractivity contribution in [2.24, 2.45) is 0 Å². The van der Waals surface area contributed by atoms with Gasteiger partial charge in [0, 0.05) is 25.8 Å². The Bertz CT molecular complexity index is 536. The van der Waals surface area contributed by atoms with Crippen LogP contribution in [0.15, 0.2) is 24.3 Å². The Balaban J connectivity index is 1.79. The van der Waals surface area contributed by atoms with E-state index in [1.807, 2.05) is 0 Å². The summed E-state index contributed by atoms with van der Waals surface area (Å²) in [5, 5.41) is 12.3. The molecule has 0 radical (unpaired) electrons. The Morgan fingerprint density at radius 2 is 2.15 bits per heavy atom. The normalized spacial score (nSPS) is 10.7. The highest BCUT2D eigenvalue weighted by Crippen LogP contribution is 2.19. The minimum Gasteiger partial charge on any atom is -0.464 e. The maximum atomic E-state index is 13.4. The minimum absolute atomic E-state index is 0.151. The van der Waals surface area contributed by atoms with Gasteiger partial charge in [-0.3, -0.25) is 0 Å². The summed E-state index contributed by atoms with van der Waals surface area (Å²) in [5.41, 5.74) is 0.502. The van der Waals surface area contributed by atoms with Gasteiger partial charge in [-0.2, -0.15) is 0 Å². The summed E-state index contributed by atoms with van der Waals surface area (Å²) in [5.74, 6) is -0.279. The molecule has 5 nitrogen and oxygen atoms in total. The molecule has 0 aliphatic rings. The molecule has 0 bridgehead atoms. The molecular weight excluding hydrogens is 281 g/mol. The Kier molecular flexibility index (Phi) is 5.85. The number of methoxy groups -OCH3 is 1. The van der Waals surface area contributed by atoms with E-state index in [2.05, 4.69) is 15.5 Å². The lowest BCUT2D eigenvalue weighted by Gasteiger charge is -2.02. The molecule has 1 aromatic heterocycles. The second-order valence-electron chi connectivity index (χ2n) is 4.01. The number of hydrogen-bond donors (Lipinski definition) is 1. The summed E-state index contributed by atoms with van der Waals surface area (Å²) in [6, 6.07) is 6.51. The van der Waals surface area contributed by atoms with Crippen molar-refractivity contribution in [3.63, 3.8) is 0 Å². The number of hydrogen-bond acceptors (Lipinski definition) is 6. The number of benzene rings is 1. The third-order valence-corrected chi connectivity index (χ3v) is 3.35. The van der Waals surface area contributed by atoms with Crippen LogP contribution in [-0.4, -0.2) is 30.5 Å². The molecule has 2 rings (SSSR count). The molecule has 1 aromatic carbocycles. The van der Waals surface area contributed by atoms with Crippen LogP contribution in [0.25, 0.3) is 0 Å². The molecule has 0 aliphatic carbocycles. The highest BCUT2D eigenvalue weighted by atomic mass is 32.1. The summed E-state index contributed by atoms with van der Waals surface area (Å²) in [7, 11) is 1.65. The molecule has 0 unspecified atom stereocenters. The first-order valence-corrected chi connectivity index (χ1v) is 6.99. The maximum Gasteiger partial charge on any atom is 0.294 e. The SMILES string of the molecule is COCCNCc1nnc(OCc2ccccc2F)s1. The number of nitrogens with zero attached hydrogens (tertiary/aromatic N) is 2. The van der Waals surface area contributed by atoms with Gasteiger partial charge in [0.15, 0.2) is 0 Å². The van der Waals surface area contributed by atoms with Gasteiger partial charge >= 0.3 is 0 Å². The molecule has 1 N–H and O–H groups in total. The third-order valence-electron chi connectivity index (χ3n) is 2.52. The van der Waals surface area contributed by atoms with Crippen molar-refractivity contribution in [3.8, 4) is 5.19 Å². The largest absolute Gasteiger partial charge is 0.464 e. The Morgan fingerprint density at radius 3 is 2.95 bits per heavy atom. The second-order valence-corrected chi connectivity index (χ2v) is 5.04.